The van der Waals surface area contributed by atoms with Crippen LogP contribution in [0.25, 0.3) is 5.65 Å². The van der Waals surface area contributed by atoms with Gasteiger partial charge < -0.3 is 4.74 Å². The maximum atomic E-state index is 13.3. The molecule has 7 nitrogen and oxygen atoms in total. The fourth-order valence-electron chi connectivity index (χ4n) is 2.56. The Balaban J connectivity index is 1.69. The third kappa shape index (κ3) is 3.75. The lowest BCUT2D eigenvalue weighted by Crippen LogP contribution is -2.08. The quantitative estimate of drug-likeness (QED) is 0.387. The van der Waals surface area contributed by atoms with Crippen LogP contribution in [-0.2, 0) is 6.42 Å². The van der Waals surface area contributed by atoms with Crippen LogP contribution in [0, 0.1) is 5.95 Å². The summed E-state index contributed by atoms with van der Waals surface area (Å²) in [5.41, 5.74) is 0.974. The summed E-state index contributed by atoms with van der Waals surface area (Å²) in [6.07, 6.45) is 5.81. The van der Waals surface area contributed by atoms with Gasteiger partial charge in [-0.2, -0.15) is 9.49 Å². The van der Waals surface area contributed by atoms with Gasteiger partial charge in [-0.3, -0.25) is 9.78 Å². The van der Waals surface area contributed by atoms with Crippen LogP contribution >= 0.6 is 11.6 Å². The van der Waals surface area contributed by atoms with Crippen LogP contribution in [0.1, 0.15) is 16.1 Å². The molecule has 0 atom stereocenters. The summed E-state index contributed by atoms with van der Waals surface area (Å²) in [5, 5.41) is 4.48. The number of ether oxygens (including phenoxy) is 1. The molecule has 0 aliphatic heterocycles. The van der Waals surface area contributed by atoms with Gasteiger partial charge in [-0.15, -0.1) is 0 Å². The van der Waals surface area contributed by atoms with Gasteiger partial charge in [-0.25, -0.2) is 14.5 Å². The monoisotopic (exact) mass is 383 g/mol. The van der Waals surface area contributed by atoms with Gasteiger partial charge in [0.2, 0.25) is 5.95 Å². The number of hydrogen-bond donors (Lipinski definition) is 0. The summed E-state index contributed by atoms with van der Waals surface area (Å²) in [5.74, 6) is -0.168. The highest BCUT2D eigenvalue weighted by Crippen LogP contribution is 2.25. The zero-order valence-electron chi connectivity index (χ0n) is 13.7. The largest absolute Gasteiger partial charge is 0.454 e. The van der Waals surface area contributed by atoms with E-state index in [1.165, 1.54) is 35.4 Å². The van der Waals surface area contributed by atoms with Crippen LogP contribution in [-0.4, -0.2) is 30.3 Å². The molecular formula is C18H11ClFN5O2. The van der Waals surface area contributed by atoms with E-state index >= 15 is 0 Å². The average molecular weight is 384 g/mol. The third-order valence-electron chi connectivity index (χ3n) is 3.68. The lowest BCUT2D eigenvalue weighted by Gasteiger charge is -2.09. The van der Waals surface area contributed by atoms with Gasteiger partial charge in [-0.05, 0) is 18.2 Å². The van der Waals surface area contributed by atoms with Crippen molar-refractivity contribution in [1.82, 2.24) is 24.6 Å². The van der Waals surface area contributed by atoms with Crippen molar-refractivity contribution in [2.24, 2.45) is 0 Å². The van der Waals surface area contributed by atoms with E-state index in [1.807, 2.05) is 0 Å². The number of nitrogens with zero attached hydrogens (tertiary/aromatic N) is 5. The van der Waals surface area contributed by atoms with Crippen LogP contribution in [0.3, 0.4) is 0 Å². The Hall–Kier alpha value is -3.39. The number of aromatic nitrogens is 5. The van der Waals surface area contributed by atoms with Crippen molar-refractivity contribution in [3.8, 4) is 11.5 Å². The van der Waals surface area contributed by atoms with Crippen LogP contribution in [0.15, 0.2) is 55.2 Å². The molecule has 0 bridgehead atoms. The van der Waals surface area contributed by atoms with Crippen molar-refractivity contribution in [1.29, 1.82) is 0 Å². The number of halogens is 2. The van der Waals surface area contributed by atoms with E-state index in [0.717, 1.165) is 0 Å². The van der Waals surface area contributed by atoms with E-state index in [0.29, 0.717) is 27.9 Å². The highest BCUT2D eigenvalue weighted by molar-refractivity contribution is 6.30. The number of Topliss-reactive ketones (excluding diaryl/α,β-unsaturated/α-hetero) is 1. The number of ketones is 1. The Bertz CT molecular complexity index is 1150. The van der Waals surface area contributed by atoms with Crippen molar-refractivity contribution >= 4 is 23.0 Å². The molecule has 0 aliphatic rings. The van der Waals surface area contributed by atoms with Gasteiger partial charge in [0.15, 0.2) is 11.4 Å². The summed E-state index contributed by atoms with van der Waals surface area (Å²) in [4.78, 5) is 24.5. The van der Waals surface area contributed by atoms with Gasteiger partial charge in [0.05, 0.1) is 35.1 Å². The first-order valence-electron chi connectivity index (χ1n) is 7.85. The summed E-state index contributed by atoms with van der Waals surface area (Å²) < 4.78 is 20.4. The number of hydrogen-bond acceptors (Lipinski definition) is 6. The number of pyridine rings is 3. The molecule has 4 rings (SSSR count). The van der Waals surface area contributed by atoms with Crippen LogP contribution in [0.5, 0.6) is 11.5 Å². The third-order valence-corrected chi connectivity index (χ3v) is 3.89. The topological polar surface area (TPSA) is 82.3 Å². The fourth-order valence-corrected chi connectivity index (χ4v) is 2.72. The first-order chi connectivity index (χ1) is 13.1. The van der Waals surface area contributed by atoms with Gasteiger partial charge in [-0.1, -0.05) is 17.7 Å². The minimum Gasteiger partial charge on any atom is -0.454 e. The van der Waals surface area contributed by atoms with E-state index in [1.54, 1.807) is 24.4 Å². The van der Waals surface area contributed by atoms with Gasteiger partial charge in [0, 0.05) is 12.3 Å². The molecule has 0 aliphatic carbocycles. The molecule has 4 heterocycles. The smallest absolute Gasteiger partial charge is 0.213 e. The molecule has 0 aromatic carbocycles. The molecule has 0 amide bonds. The lowest BCUT2D eigenvalue weighted by atomic mass is 10.1. The molecule has 4 aromatic heterocycles. The molecule has 27 heavy (non-hydrogen) atoms. The average Bonchev–Trinajstić information content (AvgIpc) is 3.09. The highest BCUT2D eigenvalue weighted by atomic mass is 35.5. The van der Waals surface area contributed by atoms with Gasteiger partial charge >= 0.3 is 0 Å². The zero-order chi connectivity index (χ0) is 18.8. The zero-order valence-corrected chi connectivity index (χ0v) is 14.5. The SMILES string of the molecule is O=C(Cc1cccc(F)n1)c1cc(Oc2cncc(Cl)c2)cn2ncnc12. The van der Waals surface area contributed by atoms with Crippen LogP contribution in [0.2, 0.25) is 5.02 Å². The van der Waals surface area contributed by atoms with E-state index in [9.17, 15) is 9.18 Å². The minimum atomic E-state index is -0.640. The number of fused-ring (bicyclic) bond motifs is 1. The molecule has 0 fully saturated rings. The number of carbonyl (C=O) groups is 1. The molecule has 0 spiro atoms. The second kappa shape index (κ2) is 7.08. The molecule has 0 unspecified atom stereocenters. The van der Waals surface area contributed by atoms with E-state index in [-0.39, 0.29) is 17.8 Å². The molecule has 0 radical (unpaired) electrons. The maximum absolute atomic E-state index is 13.3. The lowest BCUT2D eigenvalue weighted by molar-refractivity contribution is 0.0992. The summed E-state index contributed by atoms with van der Waals surface area (Å²) in [6, 6.07) is 7.45. The Morgan fingerprint density at radius 1 is 1.22 bits per heavy atom. The normalized spacial score (nSPS) is 10.9. The van der Waals surface area contributed by atoms with Gasteiger partial charge in [0.25, 0.3) is 0 Å². The summed E-state index contributed by atoms with van der Waals surface area (Å²) in [6.45, 7) is 0. The molecule has 0 N–H and O–H groups in total. The van der Waals surface area contributed by atoms with Crippen LogP contribution < -0.4 is 4.74 Å². The molecule has 9 heteroatoms. The van der Waals surface area contributed by atoms with Crippen molar-refractivity contribution in [2.75, 3.05) is 0 Å². The first-order valence-corrected chi connectivity index (χ1v) is 8.23. The van der Waals surface area contributed by atoms with Crippen molar-refractivity contribution in [2.45, 2.75) is 6.42 Å². The number of rotatable bonds is 5. The molecule has 0 saturated carbocycles. The predicted molar refractivity (Wildman–Crippen MR) is 94.5 cm³/mol. The van der Waals surface area contributed by atoms with E-state index in [4.69, 9.17) is 16.3 Å². The van der Waals surface area contributed by atoms with E-state index in [2.05, 4.69) is 20.1 Å². The Morgan fingerprint density at radius 2 is 2.11 bits per heavy atom. The second-order valence-electron chi connectivity index (χ2n) is 5.61. The van der Waals surface area contributed by atoms with Crippen molar-refractivity contribution < 1.29 is 13.9 Å². The maximum Gasteiger partial charge on any atom is 0.213 e. The Labute approximate surface area is 157 Å². The summed E-state index contributed by atoms with van der Waals surface area (Å²) >= 11 is 5.91. The standard InChI is InChI=1S/C18H11ClFN5O2/c19-11-4-13(8-21-7-11)27-14-6-15(18-22-10-23-25(18)9-14)16(26)5-12-2-1-3-17(20)24-12/h1-4,6-10H,5H2. The molecule has 4 aromatic rings. The Kier molecular flexibility index (Phi) is 4.47. The molecule has 134 valence electrons. The van der Waals surface area contributed by atoms with Crippen LogP contribution in [0.4, 0.5) is 4.39 Å². The predicted octanol–water partition coefficient (Wildman–Crippen LogP) is 3.53. The van der Waals surface area contributed by atoms with Crippen molar-refractivity contribution in [3.63, 3.8) is 0 Å². The summed E-state index contributed by atoms with van der Waals surface area (Å²) in [7, 11) is 0. The molecular weight excluding hydrogens is 373 g/mol. The fraction of sp³-hybridized carbons (Fsp3) is 0.0556. The Morgan fingerprint density at radius 3 is 2.93 bits per heavy atom. The van der Waals surface area contributed by atoms with E-state index < -0.39 is 5.95 Å². The van der Waals surface area contributed by atoms with Crippen molar-refractivity contribution in [3.05, 3.63) is 77.5 Å². The number of carbonyl (C=O) groups excluding carboxylic acids is 1. The van der Waals surface area contributed by atoms with Gasteiger partial charge in [0.1, 0.15) is 17.8 Å². The molecule has 0 saturated heterocycles. The first kappa shape index (κ1) is 17.0. The second-order valence-corrected chi connectivity index (χ2v) is 6.05. The minimum absolute atomic E-state index is 0.0809. The highest BCUT2D eigenvalue weighted by Gasteiger charge is 2.17.